The topological polar surface area (TPSA) is 53.9 Å². The molecule has 0 aromatic heterocycles. The molecular weight excluding hydrogens is 230 g/mol. The summed E-state index contributed by atoms with van der Waals surface area (Å²) >= 11 is 0. The number of rotatable bonds is 4. The number of carbonyl (C=O) groups is 1. The van der Waals surface area contributed by atoms with Gasteiger partial charge in [-0.15, -0.1) is 0 Å². The molecule has 1 amide bonds. The fourth-order valence-electron chi connectivity index (χ4n) is 1.57. The summed E-state index contributed by atoms with van der Waals surface area (Å²) in [4.78, 5) is 17.2. The number of carbonyl (C=O) groups excluding carboxylic acids is 1. The second-order valence-electron chi connectivity index (χ2n) is 4.26. The van der Waals surface area contributed by atoms with Crippen molar-refractivity contribution >= 4 is 11.7 Å². The molecule has 1 aliphatic heterocycles. The minimum atomic E-state index is -0.0547. The van der Waals surface area contributed by atoms with Crippen LogP contribution in [0.5, 0.6) is 5.75 Å². The van der Waals surface area contributed by atoms with E-state index in [9.17, 15) is 4.79 Å². The molecule has 0 saturated heterocycles. The number of nitrogens with zero attached hydrogens (tertiary/aromatic N) is 2. The third kappa shape index (κ3) is 3.00. The molecule has 0 radical (unpaired) electrons. The molecule has 1 aromatic carbocycles. The van der Waals surface area contributed by atoms with E-state index < -0.39 is 0 Å². The molecule has 2 rings (SSSR count). The van der Waals surface area contributed by atoms with E-state index in [1.807, 2.05) is 24.3 Å². The first kappa shape index (κ1) is 12.4. The number of amides is 1. The fraction of sp³-hybridized carbons (Fsp3) is 0.385. The van der Waals surface area contributed by atoms with Gasteiger partial charge in [-0.05, 0) is 24.3 Å². The maximum Gasteiger partial charge on any atom is 0.259 e. The molecule has 0 fully saturated rings. The SMILES string of the molecule is CN(C)C(=O)COc1ccc(C2=NCCN2)cc1. The zero-order valence-electron chi connectivity index (χ0n) is 10.6. The van der Waals surface area contributed by atoms with Crippen LogP contribution in [0.4, 0.5) is 0 Å². The van der Waals surface area contributed by atoms with Crippen LogP contribution in [0.15, 0.2) is 29.3 Å². The highest BCUT2D eigenvalue weighted by Gasteiger charge is 2.08. The molecule has 0 spiro atoms. The highest BCUT2D eigenvalue weighted by molar-refractivity contribution is 5.99. The smallest absolute Gasteiger partial charge is 0.259 e. The summed E-state index contributed by atoms with van der Waals surface area (Å²) < 4.78 is 5.40. The molecule has 1 N–H and O–H groups in total. The molecule has 96 valence electrons. The minimum Gasteiger partial charge on any atom is -0.484 e. The van der Waals surface area contributed by atoms with Crippen molar-refractivity contribution in [3.8, 4) is 5.75 Å². The van der Waals surface area contributed by atoms with E-state index in [-0.39, 0.29) is 12.5 Å². The number of nitrogens with one attached hydrogen (secondary N) is 1. The van der Waals surface area contributed by atoms with Gasteiger partial charge in [0.1, 0.15) is 11.6 Å². The van der Waals surface area contributed by atoms with Crippen LogP contribution in [-0.2, 0) is 4.79 Å². The Balaban J connectivity index is 1.93. The molecule has 5 nitrogen and oxygen atoms in total. The quantitative estimate of drug-likeness (QED) is 0.843. The summed E-state index contributed by atoms with van der Waals surface area (Å²) in [5, 5.41) is 3.21. The number of amidine groups is 1. The van der Waals surface area contributed by atoms with E-state index in [1.54, 1.807) is 14.1 Å². The highest BCUT2D eigenvalue weighted by atomic mass is 16.5. The van der Waals surface area contributed by atoms with E-state index in [0.29, 0.717) is 5.75 Å². The van der Waals surface area contributed by atoms with Crippen molar-refractivity contribution in [2.45, 2.75) is 0 Å². The lowest BCUT2D eigenvalue weighted by atomic mass is 10.2. The number of likely N-dealkylation sites (N-methyl/N-ethyl adjacent to an activating group) is 1. The summed E-state index contributed by atoms with van der Waals surface area (Å²) in [6.45, 7) is 1.78. The van der Waals surface area contributed by atoms with Gasteiger partial charge in [-0.25, -0.2) is 0 Å². The van der Waals surface area contributed by atoms with Gasteiger partial charge in [0.2, 0.25) is 0 Å². The van der Waals surface area contributed by atoms with Crippen LogP contribution in [-0.4, -0.2) is 50.4 Å². The summed E-state index contributed by atoms with van der Waals surface area (Å²) in [5.41, 5.74) is 1.04. The normalized spacial score (nSPS) is 13.8. The Bertz CT molecular complexity index is 452. The van der Waals surface area contributed by atoms with Crippen molar-refractivity contribution in [1.82, 2.24) is 10.2 Å². The Kier molecular flexibility index (Phi) is 3.82. The van der Waals surface area contributed by atoms with Crippen molar-refractivity contribution in [3.05, 3.63) is 29.8 Å². The van der Waals surface area contributed by atoms with Crippen LogP contribution in [0.1, 0.15) is 5.56 Å². The van der Waals surface area contributed by atoms with Gasteiger partial charge in [-0.1, -0.05) is 0 Å². The van der Waals surface area contributed by atoms with Crippen LogP contribution >= 0.6 is 0 Å². The predicted molar refractivity (Wildman–Crippen MR) is 70.0 cm³/mol. The molecule has 1 aliphatic rings. The Labute approximate surface area is 106 Å². The van der Waals surface area contributed by atoms with Gasteiger partial charge >= 0.3 is 0 Å². The Hall–Kier alpha value is -2.04. The number of aliphatic imine (C=N–C) groups is 1. The van der Waals surface area contributed by atoms with E-state index in [0.717, 1.165) is 24.5 Å². The summed E-state index contributed by atoms with van der Waals surface area (Å²) in [7, 11) is 3.41. The van der Waals surface area contributed by atoms with Gasteiger partial charge in [0.15, 0.2) is 6.61 Å². The van der Waals surface area contributed by atoms with Crippen molar-refractivity contribution in [2.75, 3.05) is 33.8 Å². The van der Waals surface area contributed by atoms with Crippen LogP contribution in [0.25, 0.3) is 0 Å². The first-order chi connectivity index (χ1) is 8.66. The summed E-state index contributed by atoms with van der Waals surface area (Å²) in [5.74, 6) is 1.55. The Morgan fingerprint density at radius 3 is 2.67 bits per heavy atom. The predicted octanol–water partition coefficient (Wildman–Crippen LogP) is 0.503. The minimum absolute atomic E-state index is 0.0547. The second kappa shape index (κ2) is 5.53. The van der Waals surface area contributed by atoms with E-state index in [2.05, 4.69) is 10.3 Å². The number of hydrogen-bond acceptors (Lipinski definition) is 4. The largest absolute Gasteiger partial charge is 0.484 e. The van der Waals surface area contributed by atoms with Crippen LogP contribution in [0.2, 0.25) is 0 Å². The van der Waals surface area contributed by atoms with Crippen LogP contribution in [0.3, 0.4) is 0 Å². The number of hydrogen-bond donors (Lipinski definition) is 1. The molecule has 5 heteroatoms. The average molecular weight is 247 g/mol. The molecule has 18 heavy (non-hydrogen) atoms. The molecule has 1 heterocycles. The molecule has 1 aromatic rings. The van der Waals surface area contributed by atoms with E-state index in [4.69, 9.17) is 4.74 Å². The van der Waals surface area contributed by atoms with Gasteiger partial charge in [0.25, 0.3) is 5.91 Å². The van der Waals surface area contributed by atoms with Gasteiger partial charge in [-0.2, -0.15) is 0 Å². The summed E-state index contributed by atoms with van der Waals surface area (Å²) in [6, 6.07) is 7.57. The lowest BCUT2D eigenvalue weighted by Crippen LogP contribution is -2.27. The molecular formula is C13H17N3O2. The zero-order chi connectivity index (χ0) is 13.0. The maximum absolute atomic E-state index is 11.4. The number of ether oxygens (including phenoxy) is 1. The lowest BCUT2D eigenvalue weighted by Gasteiger charge is -2.11. The average Bonchev–Trinajstić information content (AvgIpc) is 2.90. The van der Waals surface area contributed by atoms with Gasteiger partial charge in [0.05, 0.1) is 6.54 Å². The van der Waals surface area contributed by atoms with Crippen LogP contribution in [0, 0.1) is 0 Å². The molecule has 0 aliphatic carbocycles. The molecule has 0 saturated carbocycles. The van der Waals surface area contributed by atoms with Gasteiger partial charge in [0, 0.05) is 26.2 Å². The first-order valence-corrected chi connectivity index (χ1v) is 5.88. The van der Waals surface area contributed by atoms with Crippen LogP contribution < -0.4 is 10.1 Å². The maximum atomic E-state index is 11.4. The van der Waals surface area contributed by atoms with E-state index in [1.165, 1.54) is 4.90 Å². The molecule has 0 bridgehead atoms. The standard InChI is InChI=1S/C13H17N3O2/c1-16(2)12(17)9-18-11-5-3-10(4-6-11)13-14-7-8-15-13/h3-6H,7-9H2,1-2H3,(H,14,15). The molecule has 0 atom stereocenters. The second-order valence-corrected chi connectivity index (χ2v) is 4.26. The fourth-order valence-corrected chi connectivity index (χ4v) is 1.57. The summed E-state index contributed by atoms with van der Waals surface area (Å²) in [6.07, 6.45) is 0. The van der Waals surface area contributed by atoms with E-state index >= 15 is 0 Å². The Morgan fingerprint density at radius 2 is 2.11 bits per heavy atom. The van der Waals surface area contributed by atoms with Gasteiger partial charge < -0.3 is 15.0 Å². The lowest BCUT2D eigenvalue weighted by molar-refractivity contribution is -0.130. The van der Waals surface area contributed by atoms with Crippen molar-refractivity contribution in [3.63, 3.8) is 0 Å². The van der Waals surface area contributed by atoms with Crippen molar-refractivity contribution in [2.24, 2.45) is 4.99 Å². The monoisotopic (exact) mass is 247 g/mol. The molecule has 0 unspecified atom stereocenters. The number of benzene rings is 1. The van der Waals surface area contributed by atoms with Gasteiger partial charge in [-0.3, -0.25) is 9.79 Å². The Morgan fingerprint density at radius 1 is 1.39 bits per heavy atom. The third-order valence-electron chi connectivity index (χ3n) is 2.66. The zero-order valence-corrected chi connectivity index (χ0v) is 10.6. The third-order valence-corrected chi connectivity index (χ3v) is 2.66. The first-order valence-electron chi connectivity index (χ1n) is 5.88. The van der Waals surface area contributed by atoms with Crippen molar-refractivity contribution < 1.29 is 9.53 Å². The highest BCUT2D eigenvalue weighted by Crippen LogP contribution is 2.13. The van der Waals surface area contributed by atoms with Crippen molar-refractivity contribution in [1.29, 1.82) is 0 Å².